The molecule has 0 amide bonds. The Hall–Kier alpha value is -1.32. The van der Waals surface area contributed by atoms with Gasteiger partial charge in [-0.2, -0.15) is 0 Å². The molecule has 0 saturated heterocycles. The van der Waals surface area contributed by atoms with Gasteiger partial charge in [0.1, 0.15) is 0 Å². The van der Waals surface area contributed by atoms with Crippen molar-refractivity contribution in [1.82, 2.24) is 0 Å². The standard InChI is InChI=1S/C15H24O4/c1-5-8-12-10-15(9-11(12)4,13(16)18-6-2)14(17)19-7-3/h5-10H2,1-4H3. The van der Waals surface area contributed by atoms with Crippen molar-refractivity contribution in [1.29, 1.82) is 0 Å². The summed E-state index contributed by atoms with van der Waals surface area (Å²) in [7, 11) is 0. The smallest absolute Gasteiger partial charge is 0.324 e. The third kappa shape index (κ3) is 3.17. The molecule has 4 heteroatoms. The molecular formula is C15H24O4. The van der Waals surface area contributed by atoms with Crippen molar-refractivity contribution in [3.63, 3.8) is 0 Å². The summed E-state index contributed by atoms with van der Waals surface area (Å²) in [6, 6.07) is 0. The van der Waals surface area contributed by atoms with Crippen LogP contribution in [0.5, 0.6) is 0 Å². The Labute approximate surface area is 115 Å². The maximum Gasteiger partial charge on any atom is 0.324 e. The van der Waals surface area contributed by atoms with E-state index in [9.17, 15) is 9.59 Å². The normalized spacial score (nSPS) is 17.5. The van der Waals surface area contributed by atoms with Crippen LogP contribution in [0.2, 0.25) is 0 Å². The van der Waals surface area contributed by atoms with E-state index in [-0.39, 0.29) is 13.2 Å². The van der Waals surface area contributed by atoms with Gasteiger partial charge in [0.05, 0.1) is 13.2 Å². The summed E-state index contributed by atoms with van der Waals surface area (Å²) in [5.41, 5.74) is 1.19. The van der Waals surface area contributed by atoms with Gasteiger partial charge in [-0.25, -0.2) is 0 Å². The van der Waals surface area contributed by atoms with E-state index in [0.29, 0.717) is 12.8 Å². The van der Waals surface area contributed by atoms with Gasteiger partial charge in [0.15, 0.2) is 5.41 Å². The highest BCUT2D eigenvalue weighted by Crippen LogP contribution is 2.45. The predicted octanol–water partition coefficient (Wildman–Crippen LogP) is 3.01. The first-order chi connectivity index (χ1) is 9.01. The van der Waals surface area contributed by atoms with E-state index < -0.39 is 17.4 Å². The zero-order chi connectivity index (χ0) is 14.5. The lowest BCUT2D eigenvalue weighted by Crippen LogP contribution is -2.40. The molecule has 108 valence electrons. The van der Waals surface area contributed by atoms with Gasteiger partial charge in [-0.05, 0) is 40.0 Å². The molecule has 4 nitrogen and oxygen atoms in total. The molecule has 0 aromatic rings. The summed E-state index contributed by atoms with van der Waals surface area (Å²) in [6.07, 6.45) is 2.81. The van der Waals surface area contributed by atoms with Gasteiger partial charge in [-0.1, -0.05) is 24.5 Å². The first-order valence-electron chi connectivity index (χ1n) is 7.03. The van der Waals surface area contributed by atoms with Crippen molar-refractivity contribution in [3.05, 3.63) is 11.1 Å². The second-order valence-electron chi connectivity index (χ2n) is 5.01. The highest BCUT2D eigenvalue weighted by molar-refractivity contribution is 6.01. The second kappa shape index (κ2) is 6.73. The molecule has 1 aliphatic rings. The van der Waals surface area contributed by atoms with Crippen LogP contribution in [0.4, 0.5) is 0 Å². The van der Waals surface area contributed by atoms with E-state index in [0.717, 1.165) is 18.4 Å². The van der Waals surface area contributed by atoms with E-state index in [1.807, 2.05) is 6.92 Å². The fourth-order valence-corrected chi connectivity index (χ4v) is 2.67. The van der Waals surface area contributed by atoms with Gasteiger partial charge in [-0.15, -0.1) is 0 Å². The molecule has 0 fully saturated rings. The summed E-state index contributed by atoms with van der Waals surface area (Å²) in [5.74, 6) is -0.891. The molecule has 1 aliphatic carbocycles. The molecule has 0 aromatic heterocycles. The zero-order valence-corrected chi connectivity index (χ0v) is 12.4. The molecular weight excluding hydrogens is 244 g/mol. The molecule has 0 bridgehead atoms. The summed E-state index contributed by atoms with van der Waals surface area (Å²) < 4.78 is 10.2. The molecule has 1 rings (SSSR count). The van der Waals surface area contributed by atoms with Gasteiger partial charge in [-0.3, -0.25) is 9.59 Å². The average Bonchev–Trinajstić information content (AvgIpc) is 2.69. The molecule has 0 N–H and O–H groups in total. The lowest BCUT2D eigenvalue weighted by atomic mass is 9.83. The Kier molecular flexibility index (Phi) is 5.58. The number of esters is 2. The van der Waals surface area contributed by atoms with Crippen molar-refractivity contribution in [2.45, 2.75) is 53.4 Å². The number of carbonyl (C=O) groups is 2. The van der Waals surface area contributed by atoms with Gasteiger partial charge < -0.3 is 9.47 Å². The SMILES string of the molecule is CCCC1=C(C)CC(C(=O)OCC)(C(=O)OCC)C1. The van der Waals surface area contributed by atoms with Gasteiger partial charge in [0.2, 0.25) is 0 Å². The number of hydrogen-bond acceptors (Lipinski definition) is 4. The molecule has 0 spiro atoms. The van der Waals surface area contributed by atoms with E-state index in [1.165, 1.54) is 5.57 Å². The van der Waals surface area contributed by atoms with Crippen LogP contribution >= 0.6 is 0 Å². The minimum Gasteiger partial charge on any atom is -0.465 e. The van der Waals surface area contributed by atoms with Crippen molar-refractivity contribution < 1.29 is 19.1 Å². The largest absolute Gasteiger partial charge is 0.465 e. The quantitative estimate of drug-likeness (QED) is 0.422. The van der Waals surface area contributed by atoms with Crippen molar-refractivity contribution in [2.24, 2.45) is 5.41 Å². The molecule has 0 unspecified atom stereocenters. The van der Waals surface area contributed by atoms with Gasteiger partial charge >= 0.3 is 11.9 Å². The predicted molar refractivity (Wildman–Crippen MR) is 72.5 cm³/mol. The van der Waals surface area contributed by atoms with E-state index in [4.69, 9.17) is 9.47 Å². The van der Waals surface area contributed by atoms with E-state index in [2.05, 4.69) is 6.92 Å². The Morgan fingerprint density at radius 3 is 2.00 bits per heavy atom. The Balaban J connectivity index is 2.98. The van der Waals surface area contributed by atoms with Crippen LogP contribution in [0.1, 0.15) is 53.4 Å². The lowest BCUT2D eigenvalue weighted by Gasteiger charge is -2.25. The summed E-state index contributed by atoms with van der Waals surface area (Å²) in [4.78, 5) is 24.5. The fraction of sp³-hybridized carbons (Fsp3) is 0.733. The maximum atomic E-state index is 12.2. The van der Waals surface area contributed by atoms with Crippen LogP contribution in [0, 0.1) is 5.41 Å². The average molecular weight is 268 g/mol. The zero-order valence-electron chi connectivity index (χ0n) is 12.4. The van der Waals surface area contributed by atoms with Crippen molar-refractivity contribution >= 4 is 11.9 Å². The van der Waals surface area contributed by atoms with Crippen LogP contribution in [0.25, 0.3) is 0 Å². The molecule has 0 heterocycles. The molecule has 0 aliphatic heterocycles. The Bertz CT molecular complexity index is 364. The second-order valence-corrected chi connectivity index (χ2v) is 5.01. The van der Waals surface area contributed by atoms with Gasteiger partial charge in [0.25, 0.3) is 0 Å². The number of hydrogen-bond donors (Lipinski definition) is 0. The lowest BCUT2D eigenvalue weighted by molar-refractivity contribution is -0.171. The Morgan fingerprint density at radius 2 is 1.58 bits per heavy atom. The first kappa shape index (κ1) is 15.7. The Morgan fingerprint density at radius 1 is 1.05 bits per heavy atom. The minimum atomic E-state index is -1.14. The molecule has 0 saturated carbocycles. The molecule has 0 radical (unpaired) electrons. The number of allylic oxidation sites excluding steroid dienone is 2. The van der Waals surface area contributed by atoms with Crippen LogP contribution in [-0.2, 0) is 19.1 Å². The van der Waals surface area contributed by atoms with Crippen LogP contribution < -0.4 is 0 Å². The highest BCUT2D eigenvalue weighted by atomic mass is 16.6. The fourth-order valence-electron chi connectivity index (χ4n) is 2.67. The highest BCUT2D eigenvalue weighted by Gasteiger charge is 2.52. The van der Waals surface area contributed by atoms with E-state index >= 15 is 0 Å². The van der Waals surface area contributed by atoms with E-state index in [1.54, 1.807) is 13.8 Å². The summed E-state index contributed by atoms with van der Waals surface area (Å²) in [5, 5.41) is 0. The van der Waals surface area contributed by atoms with Crippen LogP contribution in [0.15, 0.2) is 11.1 Å². The molecule has 0 atom stereocenters. The number of ether oxygens (including phenoxy) is 2. The minimum absolute atomic E-state index is 0.280. The van der Waals surface area contributed by atoms with Crippen molar-refractivity contribution in [3.8, 4) is 0 Å². The number of carbonyl (C=O) groups excluding carboxylic acids is 2. The molecule has 0 aromatic carbocycles. The number of rotatable bonds is 6. The van der Waals surface area contributed by atoms with Crippen LogP contribution in [-0.4, -0.2) is 25.2 Å². The topological polar surface area (TPSA) is 52.6 Å². The summed E-state index contributed by atoms with van der Waals surface area (Å²) in [6.45, 7) is 8.14. The summed E-state index contributed by atoms with van der Waals surface area (Å²) >= 11 is 0. The molecule has 19 heavy (non-hydrogen) atoms. The van der Waals surface area contributed by atoms with Crippen molar-refractivity contribution in [2.75, 3.05) is 13.2 Å². The van der Waals surface area contributed by atoms with Gasteiger partial charge in [0, 0.05) is 0 Å². The monoisotopic (exact) mass is 268 g/mol. The first-order valence-corrected chi connectivity index (χ1v) is 7.03. The van der Waals surface area contributed by atoms with Crippen LogP contribution in [0.3, 0.4) is 0 Å². The third-order valence-electron chi connectivity index (χ3n) is 3.57. The third-order valence-corrected chi connectivity index (χ3v) is 3.57. The maximum absolute atomic E-state index is 12.2.